The second-order valence-corrected chi connectivity index (χ2v) is 9.88. The lowest BCUT2D eigenvalue weighted by Gasteiger charge is -2.16. The molecule has 2 rings (SSSR count). The molecule has 2 atom stereocenters. The minimum atomic E-state index is 0.0410. The molecule has 190 valence electrons. The first-order valence-electron chi connectivity index (χ1n) is 13.4. The van der Waals surface area contributed by atoms with Crippen LogP contribution in [0.4, 0.5) is 0 Å². The van der Waals surface area contributed by atoms with Gasteiger partial charge in [0.05, 0.1) is 6.54 Å². The van der Waals surface area contributed by atoms with Crippen LogP contribution in [-0.4, -0.2) is 23.1 Å². The Kier molecular flexibility index (Phi) is 11.4. The highest BCUT2D eigenvalue weighted by molar-refractivity contribution is 6.03. The van der Waals surface area contributed by atoms with E-state index in [4.69, 9.17) is 0 Å². The van der Waals surface area contributed by atoms with Crippen LogP contribution in [0.2, 0.25) is 0 Å². The molecule has 35 heavy (non-hydrogen) atoms. The van der Waals surface area contributed by atoms with Crippen molar-refractivity contribution in [2.24, 2.45) is 16.8 Å². The number of allylic oxidation sites excluding steroid dienone is 8. The predicted octanol–water partition coefficient (Wildman–Crippen LogP) is 8.65. The molecule has 1 aliphatic heterocycles. The molecule has 0 N–H and O–H groups in total. The average molecular weight is 475 g/mol. The van der Waals surface area contributed by atoms with Gasteiger partial charge in [-0.1, -0.05) is 83.1 Å². The SMILES string of the molecule is C=C(/C=C1/C(=O)N(C(=C)\C=C/C=C(C)/C(CC)=N\C=C/C)CC1=C(CC)CC)CC1CCCC1C. The van der Waals surface area contributed by atoms with Crippen molar-refractivity contribution in [2.75, 3.05) is 6.54 Å². The van der Waals surface area contributed by atoms with Crippen molar-refractivity contribution in [2.45, 2.75) is 86.5 Å². The first kappa shape index (κ1) is 28.6. The molecule has 2 unspecified atom stereocenters. The highest BCUT2D eigenvalue weighted by Gasteiger charge is 2.33. The highest BCUT2D eigenvalue weighted by atomic mass is 16.2. The topological polar surface area (TPSA) is 32.7 Å². The summed E-state index contributed by atoms with van der Waals surface area (Å²) in [5, 5.41) is 0. The summed E-state index contributed by atoms with van der Waals surface area (Å²) >= 11 is 0. The van der Waals surface area contributed by atoms with E-state index in [-0.39, 0.29) is 5.91 Å². The van der Waals surface area contributed by atoms with Crippen molar-refractivity contribution in [3.8, 4) is 0 Å². The molecule has 1 amide bonds. The van der Waals surface area contributed by atoms with Crippen LogP contribution < -0.4 is 0 Å². The fourth-order valence-electron chi connectivity index (χ4n) is 5.20. The maximum absolute atomic E-state index is 13.5. The molecule has 0 bridgehead atoms. The van der Waals surface area contributed by atoms with Crippen LogP contribution in [0, 0.1) is 11.8 Å². The van der Waals surface area contributed by atoms with Gasteiger partial charge in [0, 0.05) is 23.2 Å². The monoisotopic (exact) mass is 474 g/mol. The summed E-state index contributed by atoms with van der Waals surface area (Å²) < 4.78 is 0. The van der Waals surface area contributed by atoms with Crippen molar-refractivity contribution in [3.05, 3.63) is 83.3 Å². The molecule has 0 radical (unpaired) electrons. The maximum Gasteiger partial charge on any atom is 0.258 e. The minimum absolute atomic E-state index is 0.0410. The number of hydrogen-bond donors (Lipinski definition) is 0. The van der Waals surface area contributed by atoms with Crippen LogP contribution in [0.15, 0.2) is 88.3 Å². The molecule has 3 heteroatoms. The number of rotatable bonds is 11. The normalized spacial score (nSPS) is 22.9. The molecule has 1 saturated carbocycles. The van der Waals surface area contributed by atoms with Gasteiger partial charge in [-0.15, -0.1) is 0 Å². The number of likely N-dealkylation sites (tertiary alicyclic amines) is 1. The number of amides is 1. The number of hydrogen-bond acceptors (Lipinski definition) is 2. The van der Waals surface area contributed by atoms with E-state index in [9.17, 15) is 4.79 Å². The summed E-state index contributed by atoms with van der Waals surface area (Å²) in [7, 11) is 0. The molecule has 1 saturated heterocycles. The number of carbonyl (C=O) groups excluding carboxylic acids is 1. The summed E-state index contributed by atoms with van der Waals surface area (Å²) in [6, 6.07) is 0. The Morgan fingerprint density at radius 3 is 2.43 bits per heavy atom. The Hall–Kier alpha value is -2.68. The van der Waals surface area contributed by atoms with Gasteiger partial charge in [-0.2, -0.15) is 0 Å². The van der Waals surface area contributed by atoms with Gasteiger partial charge >= 0.3 is 0 Å². The van der Waals surface area contributed by atoms with E-state index in [1.807, 2.05) is 42.3 Å². The van der Waals surface area contributed by atoms with Crippen LogP contribution in [-0.2, 0) is 4.79 Å². The molecular weight excluding hydrogens is 428 g/mol. The van der Waals surface area contributed by atoms with E-state index >= 15 is 0 Å². The molecule has 0 spiro atoms. The van der Waals surface area contributed by atoms with E-state index in [2.05, 4.69) is 58.8 Å². The molecule has 0 aromatic rings. The van der Waals surface area contributed by atoms with Crippen LogP contribution in [0.25, 0.3) is 0 Å². The van der Waals surface area contributed by atoms with Gasteiger partial charge in [0.2, 0.25) is 0 Å². The molecular formula is C32H46N2O. The van der Waals surface area contributed by atoms with Crippen molar-refractivity contribution in [3.63, 3.8) is 0 Å². The summed E-state index contributed by atoms with van der Waals surface area (Å²) in [5.41, 5.74) is 7.27. The third kappa shape index (κ3) is 7.65. The van der Waals surface area contributed by atoms with E-state index in [0.717, 1.165) is 59.6 Å². The van der Waals surface area contributed by atoms with E-state index < -0.39 is 0 Å². The zero-order valence-electron chi connectivity index (χ0n) is 23.0. The Morgan fingerprint density at radius 1 is 1.14 bits per heavy atom. The summed E-state index contributed by atoms with van der Waals surface area (Å²) in [6.45, 7) is 22.0. The second kappa shape index (κ2) is 14.0. The smallest absolute Gasteiger partial charge is 0.258 e. The molecule has 0 aromatic heterocycles. The minimum Gasteiger partial charge on any atom is -0.305 e. The van der Waals surface area contributed by atoms with E-state index in [1.54, 1.807) is 0 Å². The van der Waals surface area contributed by atoms with Crippen molar-refractivity contribution in [1.82, 2.24) is 4.90 Å². The standard InChI is InChI=1S/C32H46N2O/c1-9-19-33-31(12-4)25(7)16-13-17-26(8)34-22-30(27(10-2)11-3)29(32(34)35)21-23(5)20-28-18-14-15-24(28)6/h9,13,16-17,19,21,24,28H,5,8,10-12,14-15,18,20,22H2,1-4,6-7H3/b17-13-,19-9-,25-16+,29-21+,33-31-. The van der Waals surface area contributed by atoms with Gasteiger partial charge in [-0.25, -0.2) is 0 Å². The van der Waals surface area contributed by atoms with Crippen molar-refractivity contribution < 1.29 is 4.79 Å². The van der Waals surface area contributed by atoms with Gasteiger partial charge in [-0.3, -0.25) is 9.79 Å². The van der Waals surface area contributed by atoms with Crippen LogP contribution >= 0.6 is 0 Å². The second-order valence-electron chi connectivity index (χ2n) is 9.88. The zero-order valence-corrected chi connectivity index (χ0v) is 23.0. The summed E-state index contributed by atoms with van der Waals surface area (Å²) in [6.07, 6.45) is 19.4. The Balaban J connectivity index is 2.26. The fourth-order valence-corrected chi connectivity index (χ4v) is 5.20. The molecule has 2 aliphatic rings. The van der Waals surface area contributed by atoms with Crippen LogP contribution in [0.1, 0.15) is 86.5 Å². The van der Waals surface area contributed by atoms with Gasteiger partial charge in [0.1, 0.15) is 0 Å². The quantitative estimate of drug-likeness (QED) is 0.167. The lowest BCUT2D eigenvalue weighted by atomic mass is 9.89. The molecule has 0 aromatic carbocycles. The first-order chi connectivity index (χ1) is 16.8. The Bertz CT molecular complexity index is 977. The number of aliphatic imine (C=N–C) groups is 1. The largest absolute Gasteiger partial charge is 0.305 e. The first-order valence-corrected chi connectivity index (χ1v) is 13.4. The number of carbonyl (C=O) groups is 1. The van der Waals surface area contributed by atoms with Gasteiger partial charge in [0.15, 0.2) is 0 Å². The Labute approximate surface area is 214 Å². The third-order valence-electron chi connectivity index (χ3n) is 7.46. The average Bonchev–Trinajstić information content (AvgIpc) is 3.38. The summed E-state index contributed by atoms with van der Waals surface area (Å²) in [4.78, 5) is 19.9. The van der Waals surface area contributed by atoms with Crippen molar-refractivity contribution in [1.29, 1.82) is 0 Å². The number of nitrogens with zero attached hydrogens (tertiary/aromatic N) is 2. The summed E-state index contributed by atoms with van der Waals surface area (Å²) in [5.74, 6) is 1.48. The van der Waals surface area contributed by atoms with Crippen molar-refractivity contribution >= 4 is 11.6 Å². The van der Waals surface area contributed by atoms with E-state index in [1.165, 1.54) is 24.8 Å². The van der Waals surface area contributed by atoms with Gasteiger partial charge in [0.25, 0.3) is 5.91 Å². The fraction of sp³-hybridized carbons (Fsp3) is 0.500. The van der Waals surface area contributed by atoms with E-state index in [0.29, 0.717) is 18.2 Å². The molecule has 1 heterocycles. The third-order valence-corrected chi connectivity index (χ3v) is 7.46. The lowest BCUT2D eigenvalue weighted by Crippen LogP contribution is -2.23. The maximum atomic E-state index is 13.5. The van der Waals surface area contributed by atoms with Gasteiger partial charge < -0.3 is 4.90 Å². The lowest BCUT2D eigenvalue weighted by molar-refractivity contribution is -0.122. The molecule has 3 nitrogen and oxygen atoms in total. The molecule has 1 aliphatic carbocycles. The molecule has 2 fully saturated rings. The highest BCUT2D eigenvalue weighted by Crippen LogP contribution is 2.37. The predicted molar refractivity (Wildman–Crippen MR) is 152 cm³/mol. The van der Waals surface area contributed by atoms with Gasteiger partial charge in [-0.05, 0) is 81.1 Å². The van der Waals surface area contributed by atoms with Crippen LogP contribution in [0.5, 0.6) is 0 Å². The Morgan fingerprint density at radius 2 is 1.86 bits per heavy atom. The zero-order chi connectivity index (χ0) is 26.0. The van der Waals surface area contributed by atoms with Crippen LogP contribution in [0.3, 0.4) is 0 Å².